The van der Waals surface area contributed by atoms with Crippen molar-refractivity contribution in [2.24, 2.45) is 5.41 Å². The Kier molecular flexibility index (Phi) is 4.42. The maximum absolute atomic E-state index is 12.5. The van der Waals surface area contributed by atoms with Gasteiger partial charge in [-0.15, -0.1) is 0 Å². The second-order valence-electron chi connectivity index (χ2n) is 4.78. The molecule has 0 aliphatic carbocycles. The van der Waals surface area contributed by atoms with Gasteiger partial charge in [0.05, 0.1) is 0 Å². The summed E-state index contributed by atoms with van der Waals surface area (Å²) in [6.07, 6.45) is -3.63. The molecule has 18 heavy (non-hydrogen) atoms. The van der Waals surface area contributed by atoms with Crippen LogP contribution in [-0.2, 0) is 6.18 Å². The molecule has 1 aromatic rings. The van der Waals surface area contributed by atoms with Gasteiger partial charge in [0.15, 0.2) is 5.69 Å². The van der Waals surface area contributed by atoms with Crippen molar-refractivity contribution in [3.05, 3.63) is 17.0 Å². The zero-order valence-electron chi connectivity index (χ0n) is 10.4. The van der Waals surface area contributed by atoms with Crippen LogP contribution in [0.3, 0.4) is 0 Å². The summed E-state index contributed by atoms with van der Waals surface area (Å²) >= 11 is 5.48. The average molecular weight is 282 g/mol. The largest absolute Gasteiger partial charge is 0.433 e. The maximum Gasteiger partial charge on any atom is 0.433 e. The molecule has 0 spiro atoms. The first-order valence-electron chi connectivity index (χ1n) is 5.50. The third-order valence-electron chi connectivity index (χ3n) is 2.69. The second-order valence-corrected chi connectivity index (χ2v) is 5.11. The SMILES string of the molecule is CCC(C)(C)CNc1cc(C(F)(F)F)nc(Cl)n1. The fourth-order valence-corrected chi connectivity index (χ4v) is 1.29. The number of nitrogens with one attached hydrogen (secondary N) is 1. The van der Waals surface area contributed by atoms with E-state index in [1.54, 1.807) is 0 Å². The summed E-state index contributed by atoms with van der Waals surface area (Å²) in [6, 6.07) is 0.859. The second kappa shape index (κ2) is 5.30. The van der Waals surface area contributed by atoms with Crippen molar-refractivity contribution in [2.75, 3.05) is 11.9 Å². The number of alkyl halides is 3. The Morgan fingerprint density at radius 3 is 2.39 bits per heavy atom. The maximum atomic E-state index is 12.5. The lowest BCUT2D eigenvalue weighted by Gasteiger charge is -2.23. The first-order valence-corrected chi connectivity index (χ1v) is 5.87. The number of anilines is 1. The van der Waals surface area contributed by atoms with Crippen molar-refractivity contribution in [3.63, 3.8) is 0 Å². The van der Waals surface area contributed by atoms with Gasteiger partial charge in [0.25, 0.3) is 0 Å². The van der Waals surface area contributed by atoms with E-state index in [0.29, 0.717) is 6.54 Å². The van der Waals surface area contributed by atoms with E-state index in [1.165, 1.54) is 0 Å². The van der Waals surface area contributed by atoms with Crippen LogP contribution in [0.2, 0.25) is 5.28 Å². The van der Waals surface area contributed by atoms with Crippen LogP contribution in [0.1, 0.15) is 32.9 Å². The predicted molar refractivity (Wildman–Crippen MR) is 64.6 cm³/mol. The van der Waals surface area contributed by atoms with E-state index in [-0.39, 0.29) is 11.2 Å². The number of nitrogens with zero attached hydrogens (tertiary/aromatic N) is 2. The third kappa shape index (κ3) is 4.33. The fraction of sp³-hybridized carbons (Fsp3) is 0.636. The molecule has 0 saturated carbocycles. The summed E-state index contributed by atoms with van der Waals surface area (Å²) in [7, 11) is 0. The lowest BCUT2D eigenvalue weighted by molar-refractivity contribution is -0.141. The minimum atomic E-state index is -4.52. The van der Waals surface area contributed by atoms with Gasteiger partial charge in [-0.05, 0) is 23.4 Å². The van der Waals surface area contributed by atoms with Crippen LogP contribution < -0.4 is 5.32 Å². The highest BCUT2D eigenvalue weighted by Crippen LogP contribution is 2.30. The molecule has 1 aromatic heterocycles. The Balaban J connectivity index is 2.88. The molecule has 0 saturated heterocycles. The van der Waals surface area contributed by atoms with E-state index in [4.69, 9.17) is 11.6 Å². The standard InChI is InChI=1S/C11H15ClF3N3/c1-4-10(2,3)6-16-8-5-7(11(13,14)15)17-9(12)18-8/h5H,4,6H2,1-3H3,(H,16,17,18). The van der Waals surface area contributed by atoms with Crippen molar-refractivity contribution in [1.29, 1.82) is 0 Å². The van der Waals surface area contributed by atoms with Crippen molar-refractivity contribution < 1.29 is 13.2 Å². The lowest BCUT2D eigenvalue weighted by atomic mass is 9.90. The van der Waals surface area contributed by atoms with Crippen LogP contribution in [0.5, 0.6) is 0 Å². The summed E-state index contributed by atoms with van der Waals surface area (Å²) in [6.45, 7) is 6.53. The van der Waals surface area contributed by atoms with Crippen LogP contribution in [-0.4, -0.2) is 16.5 Å². The quantitative estimate of drug-likeness (QED) is 0.848. The van der Waals surface area contributed by atoms with Gasteiger partial charge < -0.3 is 5.32 Å². The summed E-state index contributed by atoms with van der Waals surface area (Å²) in [5.41, 5.74) is -1.07. The molecular formula is C11H15ClF3N3. The molecule has 0 bridgehead atoms. The molecule has 1 heterocycles. The van der Waals surface area contributed by atoms with Crippen molar-refractivity contribution in [2.45, 2.75) is 33.4 Å². The number of hydrogen-bond acceptors (Lipinski definition) is 3. The van der Waals surface area contributed by atoms with E-state index >= 15 is 0 Å². The first-order chi connectivity index (χ1) is 8.14. The van der Waals surface area contributed by atoms with Gasteiger partial charge in [-0.25, -0.2) is 9.97 Å². The molecule has 0 aromatic carbocycles. The highest BCUT2D eigenvalue weighted by molar-refractivity contribution is 6.28. The molecule has 1 N–H and O–H groups in total. The zero-order chi connectivity index (χ0) is 14.0. The van der Waals surface area contributed by atoms with Crippen LogP contribution >= 0.6 is 11.6 Å². The van der Waals surface area contributed by atoms with E-state index in [2.05, 4.69) is 15.3 Å². The van der Waals surface area contributed by atoms with Crippen LogP contribution in [0.15, 0.2) is 6.07 Å². The Morgan fingerprint density at radius 2 is 1.89 bits per heavy atom. The Labute approximate surface area is 109 Å². The van der Waals surface area contributed by atoms with E-state index < -0.39 is 17.2 Å². The molecule has 0 amide bonds. The van der Waals surface area contributed by atoms with Crippen LogP contribution in [0.25, 0.3) is 0 Å². The van der Waals surface area contributed by atoms with Crippen molar-refractivity contribution in [1.82, 2.24) is 9.97 Å². The van der Waals surface area contributed by atoms with E-state index in [9.17, 15) is 13.2 Å². The average Bonchev–Trinajstić information content (AvgIpc) is 2.25. The summed E-state index contributed by atoms with van der Waals surface area (Å²) < 4.78 is 37.5. The molecule has 0 radical (unpaired) electrons. The minimum absolute atomic E-state index is 0.0319. The molecule has 0 atom stereocenters. The van der Waals surface area contributed by atoms with Crippen molar-refractivity contribution in [3.8, 4) is 0 Å². The monoisotopic (exact) mass is 281 g/mol. The molecular weight excluding hydrogens is 267 g/mol. The van der Waals surface area contributed by atoms with Crippen LogP contribution in [0.4, 0.5) is 19.0 Å². The highest BCUT2D eigenvalue weighted by Gasteiger charge is 2.33. The Hall–Kier alpha value is -1.04. The Bertz CT molecular complexity index is 418. The molecule has 7 heteroatoms. The number of rotatable bonds is 4. The van der Waals surface area contributed by atoms with Crippen LogP contribution in [0, 0.1) is 5.41 Å². The van der Waals surface area contributed by atoms with Crippen molar-refractivity contribution >= 4 is 17.4 Å². The molecule has 0 aliphatic heterocycles. The molecule has 1 rings (SSSR count). The van der Waals surface area contributed by atoms with Gasteiger partial charge in [-0.1, -0.05) is 20.8 Å². The normalized spacial score (nSPS) is 12.6. The third-order valence-corrected chi connectivity index (χ3v) is 2.86. The van der Waals surface area contributed by atoms with Gasteiger partial charge in [0.1, 0.15) is 5.82 Å². The topological polar surface area (TPSA) is 37.8 Å². The number of halogens is 4. The van der Waals surface area contributed by atoms with Gasteiger partial charge in [0, 0.05) is 12.6 Å². The molecule has 0 unspecified atom stereocenters. The van der Waals surface area contributed by atoms with Gasteiger partial charge >= 0.3 is 6.18 Å². The number of aromatic nitrogens is 2. The zero-order valence-corrected chi connectivity index (χ0v) is 11.2. The smallest absolute Gasteiger partial charge is 0.369 e. The molecule has 0 aliphatic rings. The Morgan fingerprint density at radius 1 is 1.28 bits per heavy atom. The molecule has 3 nitrogen and oxygen atoms in total. The summed E-state index contributed by atoms with van der Waals surface area (Å²) in [5.74, 6) is 0.0869. The summed E-state index contributed by atoms with van der Waals surface area (Å²) in [4.78, 5) is 6.89. The predicted octanol–water partition coefficient (Wildman–Crippen LogP) is 4.00. The van der Waals surface area contributed by atoms with Gasteiger partial charge in [0.2, 0.25) is 5.28 Å². The van der Waals surface area contributed by atoms with Gasteiger partial charge in [-0.3, -0.25) is 0 Å². The lowest BCUT2D eigenvalue weighted by Crippen LogP contribution is -2.23. The molecule has 102 valence electrons. The fourth-order valence-electron chi connectivity index (χ4n) is 1.11. The highest BCUT2D eigenvalue weighted by atomic mass is 35.5. The number of hydrogen-bond donors (Lipinski definition) is 1. The molecule has 0 fully saturated rings. The van der Waals surface area contributed by atoms with E-state index in [0.717, 1.165) is 12.5 Å². The van der Waals surface area contributed by atoms with Gasteiger partial charge in [-0.2, -0.15) is 13.2 Å². The van der Waals surface area contributed by atoms with E-state index in [1.807, 2.05) is 20.8 Å². The first kappa shape index (κ1) is 15.0. The summed E-state index contributed by atoms with van der Waals surface area (Å²) in [5, 5.41) is 2.44. The minimum Gasteiger partial charge on any atom is -0.369 e.